The van der Waals surface area contributed by atoms with Crippen LogP contribution in [0.5, 0.6) is 0 Å². The standard InChI is InChI=1S/C14H13BrClN3O/c1-17-14-9-7-20-5-4-12(9)18-13(19-14)8-2-3-11(16)10(15)6-8/h2-3,6H,4-5,7H2,1H3,(H,17,18,19). The second kappa shape index (κ2) is 5.68. The van der Waals surface area contributed by atoms with E-state index in [0.717, 1.165) is 33.5 Å². The highest BCUT2D eigenvalue weighted by atomic mass is 79.9. The Balaban J connectivity index is 2.11. The second-order valence-electron chi connectivity index (χ2n) is 4.50. The van der Waals surface area contributed by atoms with Gasteiger partial charge in [-0.2, -0.15) is 0 Å². The van der Waals surface area contributed by atoms with Gasteiger partial charge in [0.15, 0.2) is 5.82 Å². The Morgan fingerprint density at radius 3 is 2.95 bits per heavy atom. The predicted octanol–water partition coefficient (Wildman–Crippen LogP) is 3.67. The minimum atomic E-state index is 0.566. The fraction of sp³-hybridized carbons (Fsp3) is 0.286. The number of hydrogen-bond donors (Lipinski definition) is 1. The van der Waals surface area contributed by atoms with Gasteiger partial charge >= 0.3 is 0 Å². The molecule has 6 heteroatoms. The minimum absolute atomic E-state index is 0.566. The van der Waals surface area contributed by atoms with E-state index in [1.165, 1.54) is 0 Å². The average molecular weight is 355 g/mol. The van der Waals surface area contributed by atoms with Crippen molar-refractivity contribution in [2.75, 3.05) is 19.0 Å². The fourth-order valence-electron chi connectivity index (χ4n) is 2.20. The average Bonchev–Trinajstić information content (AvgIpc) is 2.49. The summed E-state index contributed by atoms with van der Waals surface area (Å²) < 4.78 is 6.31. The van der Waals surface area contributed by atoms with Crippen molar-refractivity contribution in [1.29, 1.82) is 0 Å². The normalized spacial score (nSPS) is 13.9. The molecular weight excluding hydrogens is 342 g/mol. The third kappa shape index (κ3) is 2.53. The van der Waals surface area contributed by atoms with Gasteiger partial charge in [0.2, 0.25) is 0 Å². The first kappa shape index (κ1) is 13.8. The van der Waals surface area contributed by atoms with Crippen molar-refractivity contribution in [3.05, 3.63) is 39.0 Å². The highest BCUT2D eigenvalue weighted by molar-refractivity contribution is 9.10. The maximum Gasteiger partial charge on any atom is 0.161 e. The van der Waals surface area contributed by atoms with Gasteiger partial charge in [0.05, 0.1) is 23.9 Å². The summed E-state index contributed by atoms with van der Waals surface area (Å²) in [5, 5.41) is 3.80. The molecule has 20 heavy (non-hydrogen) atoms. The molecule has 1 aromatic carbocycles. The smallest absolute Gasteiger partial charge is 0.161 e. The van der Waals surface area contributed by atoms with Crippen molar-refractivity contribution >= 4 is 33.3 Å². The maximum absolute atomic E-state index is 6.03. The number of anilines is 1. The Morgan fingerprint density at radius 2 is 2.20 bits per heavy atom. The lowest BCUT2D eigenvalue weighted by atomic mass is 10.1. The zero-order valence-electron chi connectivity index (χ0n) is 10.9. The number of nitrogens with zero attached hydrogens (tertiary/aromatic N) is 2. The zero-order chi connectivity index (χ0) is 14.1. The largest absolute Gasteiger partial charge is 0.376 e. The molecule has 0 unspecified atom stereocenters. The Kier molecular flexibility index (Phi) is 3.92. The monoisotopic (exact) mass is 353 g/mol. The van der Waals surface area contributed by atoms with Crippen molar-refractivity contribution in [3.63, 3.8) is 0 Å². The number of rotatable bonds is 2. The molecule has 2 aromatic rings. The molecule has 0 fully saturated rings. The van der Waals surface area contributed by atoms with E-state index in [9.17, 15) is 0 Å². The molecule has 0 bridgehead atoms. The van der Waals surface area contributed by atoms with Crippen LogP contribution in [0.2, 0.25) is 5.02 Å². The van der Waals surface area contributed by atoms with E-state index in [2.05, 4.69) is 31.2 Å². The molecule has 2 heterocycles. The lowest BCUT2D eigenvalue weighted by Gasteiger charge is -2.19. The van der Waals surface area contributed by atoms with Crippen LogP contribution in [0, 0.1) is 0 Å². The molecule has 4 nitrogen and oxygen atoms in total. The number of hydrogen-bond acceptors (Lipinski definition) is 4. The third-order valence-electron chi connectivity index (χ3n) is 3.24. The Bertz CT molecular complexity index is 646. The van der Waals surface area contributed by atoms with Crippen molar-refractivity contribution in [1.82, 2.24) is 9.97 Å². The predicted molar refractivity (Wildman–Crippen MR) is 83.1 cm³/mol. The molecule has 1 aliphatic rings. The van der Waals surface area contributed by atoms with Crippen LogP contribution in [0.3, 0.4) is 0 Å². The first-order chi connectivity index (χ1) is 9.69. The molecule has 0 saturated heterocycles. The molecule has 0 saturated carbocycles. The molecule has 0 aliphatic carbocycles. The molecule has 1 N–H and O–H groups in total. The fourth-order valence-corrected chi connectivity index (χ4v) is 2.70. The molecular formula is C14H13BrClN3O. The van der Waals surface area contributed by atoms with Crippen LogP contribution in [0.1, 0.15) is 11.3 Å². The van der Waals surface area contributed by atoms with E-state index < -0.39 is 0 Å². The molecule has 104 valence electrons. The van der Waals surface area contributed by atoms with Gasteiger partial charge in [-0.05, 0) is 34.1 Å². The second-order valence-corrected chi connectivity index (χ2v) is 5.76. The molecule has 3 rings (SSSR count). The lowest BCUT2D eigenvalue weighted by molar-refractivity contribution is 0.109. The van der Waals surface area contributed by atoms with Gasteiger partial charge in [0.1, 0.15) is 5.82 Å². The summed E-state index contributed by atoms with van der Waals surface area (Å²) in [5.74, 6) is 1.53. The zero-order valence-corrected chi connectivity index (χ0v) is 13.3. The van der Waals surface area contributed by atoms with E-state index in [0.29, 0.717) is 24.1 Å². The van der Waals surface area contributed by atoms with Gasteiger partial charge < -0.3 is 10.1 Å². The molecule has 0 atom stereocenters. The molecule has 0 radical (unpaired) electrons. The maximum atomic E-state index is 6.03. The van der Waals surface area contributed by atoms with Gasteiger partial charge in [0.25, 0.3) is 0 Å². The summed E-state index contributed by atoms with van der Waals surface area (Å²) in [5.41, 5.74) is 3.04. The number of halogens is 2. The van der Waals surface area contributed by atoms with E-state index in [1.54, 1.807) is 0 Å². The molecule has 1 aromatic heterocycles. The summed E-state index contributed by atoms with van der Waals surface area (Å²) in [6.07, 6.45) is 0.814. The minimum Gasteiger partial charge on any atom is -0.376 e. The van der Waals surface area contributed by atoms with Crippen molar-refractivity contribution in [2.45, 2.75) is 13.0 Å². The van der Waals surface area contributed by atoms with Gasteiger partial charge in [-0.3, -0.25) is 0 Å². The van der Waals surface area contributed by atoms with Crippen molar-refractivity contribution in [3.8, 4) is 11.4 Å². The van der Waals surface area contributed by atoms with E-state index in [4.69, 9.17) is 16.3 Å². The van der Waals surface area contributed by atoms with Gasteiger partial charge in [0, 0.05) is 29.1 Å². The molecule has 0 spiro atoms. The number of benzene rings is 1. The number of fused-ring (bicyclic) bond motifs is 1. The van der Waals surface area contributed by atoms with Crippen LogP contribution >= 0.6 is 27.5 Å². The van der Waals surface area contributed by atoms with Gasteiger partial charge in [-0.25, -0.2) is 9.97 Å². The Hall–Kier alpha value is -1.17. The lowest BCUT2D eigenvalue weighted by Crippen LogP contribution is -2.16. The Morgan fingerprint density at radius 1 is 1.35 bits per heavy atom. The SMILES string of the molecule is CNc1nc(-c2ccc(Cl)c(Br)c2)nc2c1COCC2. The summed E-state index contributed by atoms with van der Waals surface area (Å²) in [6, 6.07) is 5.70. The summed E-state index contributed by atoms with van der Waals surface area (Å²) >= 11 is 9.46. The van der Waals surface area contributed by atoms with E-state index >= 15 is 0 Å². The number of ether oxygens (including phenoxy) is 1. The number of aromatic nitrogens is 2. The number of nitrogens with one attached hydrogen (secondary N) is 1. The van der Waals surface area contributed by atoms with Crippen LogP contribution in [0.25, 0.3) is 11.4 Å². The quantitative estimate of drug-likeness (QED) is 0.894. The summed E-state index contributed by atoms with van der Waals surface area (Å²) in [4.78, 5) is 9.25. The first-order valence-electron chi connectivity index (χ1n) is 6.29. The van der Waals surface area contributed by atoms with E-state index in [-0.39, 0.29) is 0 Å². The van der Waals surface area contributed by atoms with Crippen molar-refractivity contribution < 1.29 is 4.74 Å². The molecule has 1 aliphatic heterocycles. The van der Waals surface area contributed by atoms with Crippen LogP contribution in [-0.2, 0) is 17.8 Å². The third-order valence-corrected chi connectivity index (χ3v) is 4.45. The van der Waals surface area contributed by atoms with Crippen LogP contribution in [0.15, 0.2) is 22.7 Å². The van der Waals surface area contributed by atoms with E-state index in [1.807, 2.05) is 25.2 Å². The van der Waals surface area contributed by atoms with Crippen LogP contribution in [-0.4, -0.2) is 23.6 Å². The highest BCUT2D eigenvalue weighted by Gasteiger charge is 2.18. The van der Waals surface area contributed by atoms with Gasteiger partial charge in [-0.15, -0.1) is 0 Å². The summed E-state index contributed by atoms with van der Waals surface area (Å²) in [7, 11) is 1.86. The first-order valence-corrected chi connectivity index (χ1v) is 7.47. The highest BCUT2D eigenvalue weighted by Crippen LogP contribution is 2.30. The topological polar surface area (TPSA) is 47.0 Å². The van der Waals surface area contributed by atoms with Crippen molar-refractivity contribution in [2.24, 2.45) is 0 Å². The van der Waals surface area contributed by atoms with Crippen LogP contribution < -0.4 is 5.32 Å². The summed E-state index contributed by atoms with van der Waals surface area (Å²) in [6.45, 7) is 1.27. The van der Waals surface area contributed by atoms with Crippen LogP contribution in [0.4, 0.5) is 5.82 Å². The van der Waals surface area contributed by atoms with Gasteiger partial charge in [-0.1, -0.05) is 11.6 Å². The Labute approximate surface area is 130 Å². The molecule has 0 amide bonds.